The quantitative estimate of drug-likeness (QED) is 0.537. The van der Waals surface area contributed by atoms with Gasteiger partial charge in [-0.05, 0) is 41.8 Å². The molecule has 0 spiro atoms. The third-order valence-corrected chi connectivity index (χ3v) is 4.74. The van der Waals surface area contributed by atoms with E-state index in [1.807, 2.05) is 42.5 Å². The number of carbonyl (C=O) groups excluding carboxylic acids is 1. The lowest BCUT2D eigenvalue weighted by Crippen LogP contribution is -2.32. The zero-order valence-corrected chi connectivity index (χ0v) is 15.3. The smallest absolute Gasteiger partial charge is 0.270 e. The Kier molecular flexibility index (Phi) is 5.15. The Bertz CT molecular complexity index is 1080. The van der Waals surface area contributed by atoms with Crippen molar-refractivity contribution < 1.29 is 9.18 Å². The zero-order chi connectivity index (χ0) is 19.3. The summed E-state index contributed by atoms with van der Waals surface area (Å²) in [4.78, 5) is 22.2. The molecule has 4 nitrogen and oxygen atoms in total. The van der Waals surface area contributed by atoms with Gasteiger partial charge in [-0.2, -0.15) is 0 Å². The highest BCUT2D eigenvalue weighted by atomic mass is 19.1. The van der Waals surface area contributed by atoms with E-state index in [9.17, 15) is 9.18 Å². The van der Waals surface area contributed by atoms with Crippen molar-refractivity contribution in [2.24, 2.45) is 0 Å². The molecule has 4 rings (SSSR count). The second kappa shape index (κ2) is 8.05. The van der Waals surface area contributed by atoms with Gasteiger partial charge < -0.3 is 9.88 Å². The molecule has 0 radical (unpaired) electrons. The Labute approximate surface area is 162 Å². The number of pyridine rings is 1. The summed E-state index contributed by atoms with van der Waals surface area (Å²) in [7, 11) is 0. The summed E-state index contributed by atoms with van der Waals surface area (Å²) in [6, 6.07) is 20.2. The largest absolute Gasteiger partial charge is 0.350 e. The van der Waals surface area contributed by atoms with Crippen LogP contribution in [0.25, 0.3) is 10.9 Å². The van der Waals surface area contributed by atoms with Crippen molar-refractivity contribution in [2.45, 2.75) is 13.0 Å². The van der Waals surface area contributed by atoms with Crippen LogP contribution in [0, 0.1) is 5.82 Å². The first-order valence-corrected chi connectivity index (χ1v) is 9.20. The predicted octanol–water partition coefficient (Wildman–Crippen LogP) is 4.59. The first-order chi connectivity index (χ1) is 13.7. The van der Waals surface area contributed by atoms with Crippen molar-refractivity contribution in [3.63, 3.8) is 0 Å². The molecule has 4 aromatic rings. The standard InChI is InChI=1S/C23H20FN3O/c24-20-9-4-10-21-19(20)14-22(26-21)23(28)27(16-18-8-5-12-25-15-18)13-11-17-6-2-1-3-7-17/h1-10,12,14-15,26H,11,13,16H2. The second-order valence-corrected chi connectivity index (χ2v) is 6.71. The first kappa shape index (κ1) is 17.9. The average molecular weight is 373 g/mol. The molecule has 140 valence electrons. The van der Waals surface area contributed by atoms with Crippen molar-refractivity contribution in [1.82, 2.24) is 14.9 Å². The van der Waals surface area contributed by atoms with Gasteiger partial charge in [-0.25, -0.2) is 4.39 Å². The number of fused-ring (bicyclic) bond motifs is 1. The highest BCUT2D eigenvalue weighted by Crippen LogP contribution is 2.20. The summed E-state index contributed by atoms with van der Waals surface area (Å²) in [6.07, 6.45) is 4.20. The van der Waals surface area contributed by atoms with Crippen LogP contribution in [0.5, 0.6) is 0 Å². The number of hydrogen-bond donors (Lipinski definition) is 1. The number of halogens is 1. The lowest BCUT2D eigenvalue weighted by atomic mass is 10.1. The molecule has 1 amide bonds. The van der Waals surface area contributed by atoms with Gasteiger partial charge in [0.05, 0.1) is 0 Å². The molecule has 2 heterocycles. The molecule has 5 heteroatoms. The fraction of sp³-hybridized carbons (Fsp3) is 0.130. The lowest BCUT2D eigenvalue weighted by molar-refractivity contribution is 0.0740. The minimum atomic E-state index is -0.337. The highest BCUT2D eigenvalue weighted by Gasteiger charge is 2.19. The molecule has 1 N–H and O–H groups in total. The number of aromatic nitrogens is 2. The Morgan fingerprint density at radius 2 is 1.82 bits per heavy atom. The highest BCUT2D eigenvalue weighted by molar-refractivity contribution is 5.98. The summed E-state index contributed by atoms with van der Waals surface area (Å²) in [5.41, 5.74) is 3.12. The van der Waals surface area contributed by atoms with Gasteiger partial charge in [0.25, 0.3) is 5.91 Å². The molecule has 0 aliphatic carbocycles. The molecular formula is C23H20FN3O. The fourth-order valence-electron chi connectivity index (χ4n) is 3.28. The monoisotopic (exact) mass is 373 g/mol. The van der Waals surface area contributed by atoms with Crippen molar-refractivity contribution in [1.29, 1.82) is 0 Å². The summed E-state index contributed by atoms with van der Waals surface area (Å²) in [6.45, 7) is 0.993. The third-order valence-electron chi connectivity index (χ3n) is 4.74. The van der Waals surface area contributed by atoms with Crippen LogP contribution in [-0.4, -0.2) is 27.3 Å². The average Bonchev–Trinajstić information content (AvgIpc) is 3.18. The van der Waals surface area contributed by atoms with Crippen LogP contribution >= 0.6 is 0 Å². The van der Waals surface area contributed by atoms with E-state index in [0.29, 0.717) is 29.7 Å². The topological polar surface area (TPSA) is 49.0 Å². The number of amides is 1. The maximum atomic E-state index is 14.0. The first-order valence-electron chi connectivity index (χ1n) is 9.20. The lowest BCUT2D eigenvalue weighted by Gasteiger charge is -2.22. The van der Waals surface area contributed by atoms with E-state index in [-0.39, 0.29) is 11.7 Å². The minimum Gasteiger partial charge on any atom is -0.350 e. The van der Waals surface area contributed by atoms with E-state index in [2.05, 4.69) is 9.97 Å². The Morgan fingerprint density at radius 3 is 2.57 bits per heavy atom. The summed E-state index contributed by atoms with van der Waals surface area (Å²) < 4.78 is 14.0. The Hall–Kier alpha value is -3.47. The van der Waals surface area contributed by atoms with Crippen molar-refractivity contribution in [3.8, 4) is 0 Å². The molecule has 0 aliphatic heterocycles. The minimum absolute atomic E-state index is 0.157. The predicted molar refractivity (Wildman–Crippen MR) is 107 cm³/mol. The van der Waals surface area contributed by atoms with Gasteiger partial charge in [-0.1, -0.05) is 42.5 Å². The molecule has 2 aromatic heterocycles. The van der Waals surface area contributed by atoms with E-state index in [0.717, 1.165) is 17.5 Å². The van der Waals surface area contributed by atoms with Crippen LogP contribution < -0.4 is 0 Å². The fourth-order valence-corrected chi connectivity index (χ4v) is 3.28. The Balaban J connectivity index is 1.60. The normalized spacial score (nSPS) is 10.9. The van der Waals surface area contributed by atoms with Gasteiger partial charge in [-0.3, -0.25) is 9.78 Å². The van der Waals surface area contributed by atoms with E-state index >= 15 is 0 Å². The van der Waals surface area contributed by atoms with Gasteiger partial charge >= 0.3 is 0 Å². The molecule has 2 aromatic carbocycles. The van der Waals surface area contributed by atoms with Crippen LogP contribution in [0.1, 0.15) is 21.6 Å². The zero-order valence-electron chi connectivity index (χ0n) is 15.3. The third kappa shape index (κ3) is 3.93. The molecule has 0 saturated carbocycles. The molecule has 0 aliphatic rings. The second-order valence-electron chi connectivity index (χ2n) is 6.71. The van der Waals surface area contributed by atoms with Crippen LogP contribution in [0.15, 0.2) is 79.1 Å². The van der Waals surface area contributed by atoms with Gasteiger partial charge in [0.2, 0.25) is 0 Å². The number of nitrogens with one attached hydrogen (secondary N) is 1. The number of nitrogens with zero attached hydrogens (tertiary/aromatic N) is 2. The molecule has 0 atom stereocenters. The van der Waals surface area contributed by atoms with Crippen molar-refractivity contribution >= 4 is 16.8 Å². The van der Waals surface area contributed by atoms with Crippen molar-refractivity contribution in [2.75, 3.05) is 6.54 Å². The molecule has 0 fully saturated rings. The summed E-state index contributed by atoms with van der Waals surface area (Å²) >= 11 is 0. The Morgan fingerprint density at radius 1 is 1.00 bits per heavy atom. The number of H-pyrrole nitrogens is 1. The van der Waals surface area contributed by atoms with E-state index in [4.69, 9.17) is 0 Å². The van der Waals surface area contributed by atoms with E-state index < -0.39 is 0 Å². The van der Waals surface area contributed by atoms with Crippen LogP contribution in [0.3, 0.4) is 0 Å². The maximum Gasteiger partial charge on any atom is 0.270 e. The number of hydrogen-bond acceptors (Lipinski definition) is 2. The van der Waals surface area contributed by atoms with Gasteiger partial charge in [0, 0.05) is 36.4 Å². The summed E-state index contributed by atoms with van der Waals surface area (Å²) in [5.74, 6) is -0.494. The van der Waals surface area contributed by atoms with E-state index in [1.165, 1.54) is 6.07 Å². The van der Waals surface area contributed by atoms with Crippen LogP contribution in [0.2, 0.25) is 0 Å². The number of aromatic amines is 1. The van der Waals surface area contributed by atoms with Gasteiger partial charge in [-0.15, -0.1) is 0 Å². The number of carbonyl (C=O) groups is 1. The molecular weight excluding hydrogens is 353 g/mol. The van der Waals surface area contributed by atoms with Crippen molar-refractivity contribution in [3.05, 3.63) is 102 Å². The number of benzene rings is 2. The van der Waals surface area contributed by atoms with Gasteiger partial charge in [0.1, 0.15) is 11.5 Å². The van der Waals surface area contributed by atoms with Crippen LogP contribution in [0.4, 0.5) is 4.39 Å². The molecule has 0 unspecified atom stereocenters. The van der Waals surface area contributed by atoms with E-state index in [1.54, 1.807) is 35.5 Å². The molecule has 28 heavy (non-hydrogen) atoms. The van der Waals surface area contributed by atoms with Crippen LogP contribution in [-0.2, 0) is 13.0 Å². The number of rotatable bonds is 6. The molecule has 0 saturated heterocycles. The SMILES string of the molecule is O=C(c1cc2c(F)cccc2[nH]1)N(CCc1ccccc1)Cc1cccnc1. The summed E-state index contributed by atoms with van der Waals surface area (Å²) in [5, 5.41) is 0.426. The maximum absolute atomic E-state index is 14.0. The van der Waals surface area contributed by atoms with Gasteiger partial charge in [0.15, 0.2) is 0 Å². The molecule has 0 bridgehead atoms.